The van der Waals surface area contributed by atoms with E-state index in [0.717, 1.165) is 33.9 Å². The predicted octanol–water partition coefficient (Wildman–Crippen LogP) is 4.38. The first kappa shape index (κ1) is 12.0. The maximum atomic E-state index is 6.20. The molecule has 1 aromatic carbocycles. The van der Waals surface area contributed by atoms with Crippen LogP contribution in [0, 0.1) is 11.8 Å². The van der Waals surface area contributed by atoms with Crippen molar-refractivity contribution in [1.82, 2.24) is 5.32 Å². The van der Waals surface area contributed by atoms with E-state index in [1.54, 1.807) is 0 Å². The highest BCUT2D eigenvalue weighted by atomic mass is 79.9. The highest BCUT2D eigenvalue weighted by Crippen LogP contribution is 2.44. The van der Waals surface area contributed by atoms with Gasteiger partial charge in [0.2, 0.25) is 0 Å². The molecule has 0 aromatic heterocycles. The Hall–Kier alpha value is -0.0500. The van der Waals surface area contributed by atoms with Crippen LogP contribution >= 0.6 is 27.5 Å². The summed E-state index contributed by atoms with van der Waals surface area (Å²) < 4.78 is 1.10. The van der Waals surface area contributed by atoms with Crippen molar-refractivity contribution in [2.45, 2.75) is 38.3 Å². The molecule has 3 unspecified atom stereocenters. The Labute approximate surface area is 116 Å². The van der Waals surface area contributed by atoms with Crippen LogP contribution in [0.2, 0.25) is 5.02 Å². The lowest BCUT2D eigenvalue weighted by atomic mass is 9.95. The first-order valence-corrected chi connectivity index (χ1v) is 7.57. The van der Waals surface area contributed by atoms with Crippen LogP contribution in [0.1, 0.15) is 31.2 Å². The number of nitrogens with one attached hydrogen (secondary N) is 1. The van der Waals surface area contributed by atoms with Gasteiger partial charge in [0, 0.05) is 22.1 Å². The molecule has 1 nitrogen and oxygen atoms in total. The lowest BCUT2D eigenvalue weighted by molar-refractivity contribution is 0.351. The van der Waals surface area contributed by atoms with Gasteiger partial charge in [-0.25, -0.2) is 0 Å². The van der Waals surface area contributed by atoms with Crippen LogP contribution in [0.15, 0.2) is 22.7 Å². The fourth-order valence-corrected chi connectivity index (χ4v) is 4.01. The second kappa shape index (κ2) is 4.91. The van der Waals surface area contributed by atoms with E-state index in [2.05, 4.69) is 27.3 Å². The molecule has 1 N–H and O–H groups in total. The average molecular weight is 315 g/mol. The molecule has 2 bridgehead atoms. The van der Waals surface area contributed by atoms with Gasteiger partial charge in [-0.05, 0) is 54.9 Å². The van der Waals surface area contributed by atoms with Gasteiger partial charge in [-0.2, -0.15) is 0 Å². The molecule has 2 aliphatic rings. The molecule has 2 aliphatic carbocycles. The van der Waals surface area contributed by atoms with Gasteiger partial charge in [0.05, 0.1) is 0 Å². The maximum absolute atomic E-state index is 6.20. The Morgan fingerprint density at radius 1 is 1.29 bits per heavy atom. The van der Waals surface area contributed by atoms with Crippen LogP contribution in [0.25, 0.3) is 0 Å². The van der Waals surface area contributed by atoms with Crippen molar-refractivity contribution in [3.8, 4) is 0 Å². The summed E-state index contributed by atoms with van der Waals surface area (Å²) in [6.45, 7) is 0.895. The van der Waals surface area contributed by atoms with Crippen LogP contribution in [-0.2, 0) is 6.54 Å². The predicted molar refractivity (Wildman–Crippen MR) is 75.2 cm³/mol. The number of hydrogen-bond donors (Lipinski definition) is 1. The second-order valence-corrected chi connectivity index (χ2v) is 6.72. The molecular formula is C14H17BrClN. The van der Waals surface area contributed by atoms with Gasteiger partial charge in [-0.1, -0.05) is 34.0 Å². The molecule has 0 saturated heterocycles. The van der Waals surface area contributed by atoms with Crippen LogP contribution < -0.4 is 5.32 Å². The monoisotopic (exact) mass is 313 g/mol. The minimum Gasteiger partial charge on any atom is -0.310 e. The van der Waals surface area contributed by atoms with Crippen LogP contribution in [0.3, 0.4) is 0 Å². The molecule has 0 radical (unpaired) electrons. The van der Waals surface area contributed by atoms with Crippen molar-refractivity contribution in [1.29, 1.82) is 0 Å². The van der Waals surface area contributed by atoms with Gasteiger partial charge in [-0.3, -0.25) is 0 Å². The standard InChI is InChI=1S/C14H17BrClN/c15-12-3-4-13(16)11(7-12)8-17-14-6-9-1-2-10(14)5-9/h3-4,7,9-10,14,17H,1-2,5-6,8H2. The van der Waals surface area contributed by atoms with Gasteiger partial charge in [-0.15, -0.1) is 0 Å². The van der Waals surface area contributed by atoms with E-state index < -0.39 is 0 Å². The Kier molecular flexibility index (Phi) is 3.47. The molecule has 2 fully saturated rings. The quantitative estimate of drug-likeness (QED) is 0.873. The third-order valence-electron chi connectivity index (χ3n) is 4.30. The van der Waals surface area contributed by atoms with Crippen molar-refractivity contribution in [3.63, 3.8) is 0 Å². The summed E-state index contributed by atoms with van der Waals surface area (Å²) in [6.07, 6.45) is 5.70. The van der Waals surface area contributed by atoms with E-state index >= 15 is 0 Å². The minimum atomic E-state index is 0.726. The summed E-state index contributed by atoms with van der Waals surface area (Å²) in [7, 11) is 0. The average Bonchev–Trinajstić information content (AvgIpc) is 2.92. The van der Waals surface area contributed by atoms with Gasteiger partial charge in [0.25, 0.3) is 0 Å². The topological polar surface area (TPSA) is 12.0 Å². The lowest BCUT2D eigenvalue weighted by Gasteiger charge is -2.23. The number of benzene rings is 1. The van der Waals surface area contributed by atoms with E-state index in [0.29, 0.717) is 0 Å². The van der Waals surface area contributed by atoms with Gasteiger partial charge in [0.1, 0.15) is 0 Å². The molecule has 3 heteroatoms. The smallest absolute Gasteiger partial charge is 0.0451 e. The molecule has 17 heavy (non-hydrogen) atoms. The molecule has 92 valence electrons. The van der Waals surface area contributed by atoms with E-state index in [1.807, 2.05) is 12.1 Å². The molecule has 0 heterocycles. The van der Waals surface area contributed by atoms with Crippen molar-refractivity contribution in [3.05, 3.63) is 33.3 Å². The summed E-state index contributed by atoms with van der Waals surface area (Å²) >= 11 is 9.70. The van der Waals surface area contributed by atoms with Crippen molar-refractivity contribution in [2.24, 2.45) is 11.8 Å². The summed E-state index contributed by atoms with van der Waals surface area (Å²) in [5.74, 6) is 1.92. The number of rotatable bonds is 3. The number of hydrogen-bond acceptors (Lipinski definition) is 1. The maximum Gasteiger partial charge on any atom is 0.0451 e. The number of fused-ring (bicyclic) bond motifs is 2. The first-order chi connectivity index (χ1) is 8.22. The van der Waals surface area contributed by atoms with Gasteiger partial charge < -0.3 is 5.32 Å². The first-order valence-electron chi connectivity index (χ1n) is 6.39. The Bertz CT molecular complexity index is 421. The summed E-state index contributed by atoms with van der Waals surface area (Å²) in [6, 6.07) is 6.79. The highest BCUT2D eigenvalue weighted by molar-refractivity contribution is 9.10. The zero-order valence-corrected chi connectivity index (χ0v) is 12.1. The second-order valence-electron chi connectivity index (χ2n) is 5.40. The third-order valence-corrected chi connectivity index (χ3v) is 5.16. The molecule has 3 atom stereocenters. The Morgan fingerprint density at radius 2 is 2.18 bits per heavy atom. The van der Waals surface area contributed by atoms with Gasteiger partial charge in [0.15, 0.2) is 0 Å². The van der Waals surface area contributed by atoms with E-state index in [1.165, 1.54) is 31.2 Å². The number of halogens is 2. The van der Waals surface area contributed by atoms with Crippen LogP contribution in [0.5, 0.6) is 0 Å². The zero-order valence-electron chi connectivity index (χ0n) is 9.76. The SMILES string of the molecule is Clc1ccc(Br)cc1CNC1CC2CCC1C2. The molecule has 1 aromatic rings. The summed E-state index contributed by atoms with van der Waals surface area (Å²) in [4.78, 5) is 0. The molecular weight excluding hydrogens is 298 g/mol. The molecule has 0 amide bonds. The zero-order chi connectivity index (χ0) is 11.8. The Morgan fingerprint density at radius 3 is 2.88 bits per heavy atom. The molecule has 0 spiro atoms. The molecule has 2 saturated carbocycles. The van der Waals surface area contributed by atoms with E-state index in [4.69, 9.17) is 11.6 Å². The van der Waals surface area contributed by atoms with Crippen molar-refractivity contribution >= 4 is 27.5 Å². The van der Waals surface area contributed by atoms with Gasteiger partial charge >= 0.3 is 0 Å². The fourth-order valence-electron chi connectivity index (χ4n) is 3.41. The van der Waals surface area contributed by atoms with Crippen molar-refractivity contribution in [2.75, 3.05) is 0 Å². The fraction of sp³-hybridized carbons (Fsp3) is 0.571. The normalized spacial score (nSPS) is 31.1. The van der Waals surface area contributed by atoms with Crippen molar-refractivity contribution < 1.29 is 0 Å². The summed E-state index contributed by atoms with van der Waals surface area (Å²) in [5, 5.41) is 4.56. The van der Waals surface area contributed by atoms with Crippen LogP contribution in [0.4, 0.5) is 0 Å². The van der Waals surface area contributed by atoms with Crippen LogP contribution in [-0.4, -0.2) is 6.04 Å². The third kappa shape index (κ3) is 2.54. The van der Waals surface area contributed by atoms with E-state index in [-0.39, 0.29) is 0 Å². The largest absolute Gasteiger partial charge is 0.310 e. The highest BCUT2D eigenvalue weighted by Gasteiger charge is 2.38. The summed E-state index contributed by atoms with van der Waals surface area (Å²) in [5.41, 5.74) is 1.20. The Balaban J connectivity index is 1.62. The molecule has 3 rings (SSSR count). The molecule has 0 aliphatic heterocycles. The lowest BCUT2D eigenvalue weighted by Crippen LogP contribution is -2.33. The minimum absolute atomic E-state index is 0.726. The van der Waals surface area contributed by atoms with E-state index in [9.17, 15) is 0 Å².